The van der Waals surface area contributed by atoms with E-state index in [4.69, 9.17) is 5.73 Å². The number of hydrogen-bond donors (Lipinski definition) is 2. The number of aryl methyl sites for hydroxylation is 1. The van der Waals surface area contributed by atoms with Crippen LogP contribution in [0.2, 0.25) is 0 Å². The molecule has 0 spiro atoms. The predicted octanol–water partition coefficient (Wildman–Crippen LogP) is 1.92. The number of nitrogens with two attached hydrogens (primary N) is 1. The van der Waals surface area contributed by atoms with Crippen LogP contribution in [0.1, 0.15) is 41.9 Å². The van der Waals surface area contributed by atoms with Crippen LogP contribution in [-0.4, -0.2) is 15.0 Å². The number of fused-ring (bicyclic) bond motifs is 1. The van der Waals surface area contributed by atoms with E-state index in [1.54, 1.807) is 6.20 Å². The van der Waals surface area contributed by atoms with Crippen LogP contribution >= 0.6 is 0 Å². The highest BCUT2D eigenvalue weighted by Crippen LogP contribution is 2.36. The summed E-state index contributed by atoms with van der Waals surface area (Å²) in [6.45, 7) is 0. The molecule has 0 aliphatic heterocycles. The smallest absolute Gasteiger partial charge is 0.123 e. The van der Waals surface area contributed by atoms with Gasteiger partial charge in [0.15, 0.2) is 0 Å². The summed E-state index contributed by atoms with van der Waals surface area (Å²) in [6.07, 6.45) is 8.80. The minimum atomic E-state index is -0.0843. The van der Waals surface area contributed by atoms with Crippen LogP contribution in [0.25, 0.3) is 0 Å². The van der Waals surface area contributed by atoms with Gasteiger partial charge in [-0.05, 0) is 30.9 Å². The fourth-order valence-corrected chi connectivity index (χ4v) is 2.65. The molecule has 0 saturated heterocycles. The average molecular weight is 228 g/mol. The second-order valence-corrected chi connectivity index (χ2v) is 4.55. The topological polar surface area (TPSA) is 67.6 Å². The first kappa shape index (κ1) is 10.5. The molecule has 3 rings (SSSR count). The van der Waals surface area contributed by atoms with Gasteiger partial charge in [-0.1, -0.05) is 6.07 Å². The van der Waals surface area contributed by atoms with Gasteiger partial charge in [0.25, 0.3) is 0 Å². The molecule has 2 aromatic heterocycles. The Kier molecular flexibility index (Phi) is 2.65. The van der Waals surface area contributed by atoms with Gasteiger partial charge in [-0.25, -0.2) is 4.98 Å². The summed E-state index contributed by atoms with van der Waals surface area (Å²) in [5.41, 5.74) is 8.79. The van der Waals surface area contributed by atoms with Crippen LogP contribution < -0.4 is 5.73 Å². The number of hydrogen-bond acceptors (Lipinski definition) is 3. The molecule has 2 unspecified atom stereocenters. The molecule has 0 aromatic carbocycles. The van der Waals surface area contributed by atoms with Crippen molar-refractivity contribution in [2.24, 2.45) is 5.73 Å². The molecule has 17 heavy (non-hydrogen) atoms. The summed E-state index contributed by atoms with van der Waals surface area (Å²) >= 11 is 0. The second kappa shape index (κ2) is 4.30. The number of H-pyrrole nitrogens is 1. The lowest BCUT2D eigenvalue weighted by Crippen LogP contribution is -2.25. The van der Waals surface area contributed by atoms with Gasteiger partial charge in [0.1, 0.15) is 5.82 Å². The van der Waals surface area contributed by atoms with Crippen molar-refractivity contribution in [3.8, 4) is 0 Å². The molecule has 2 heterocycles. The molecule has 0 bridgehead atoms. The number of aromatic amines is 1. The average Bonchev–Trinajstić information content (AvgIpc) is 2.91. The van der Waals surface area contributed by atoms with E-state index in [1.807, 2.05) is 18.5 Å². The third-order valence-electron chi connectivity index (χ3n) is 3.51. The highest BCUT2D eigenvalue weighted by molar-refractivity contribution is 5.28. The number of nitrogens with zero attached hydrogens (tertiary/aromatic N) is 2. The van der Waals surface area contributed by atoms with E-state index in [2.05, 4.69) is 21.0 Å². The monoisotopic (exact) mass is 228 g/mol. The van der Waals surface area contributed by atoms with E-state index in [1.165, 1.54) is 12.0 Å². The van der Waals surface area contributed by atoms with Crippen LogP contribution in [-0.2, 0) is 6.42 Å². The predicted molar refractivity (Wildman–Crippen MR) is 65.4 cm³/mol. The largest absolute Gasteiger partial charge is 0.347 e. The Labute approximate surface area is 100 Å². The van der Waals surface area contributed by atoms with Gasteiger partial charge in [-0.2, -0.15) is 0 Å². The summed E-state index contributed by atoms with van der Waals surface area (Å²) in [5.74, 6) is 1.14. The molecule has 4 nitrogen and oxygen atoms in total. The normalized spacial score (nSPS) is 20.9. The first-order valence-corrected chi connectivity index (χ1v) is 6.05. The molecule has 0 amide bonds. The van der Waals surface area contributed by atoms with Crippen LogP contribution in [0.4, 0.5) is 0 Å². The zero-order chi connectivity index (χ0) is 11.7. The van der Waals surface area contributed by atoms with Crippen molar-refractivity contribution in [3.63, 3.8) is 0 Å². The summed E-state index contributed by atoms with van der Waals surface area (Å²) in [6, 6.07) is 4.07. The Morgan fingerprint density at radius 3 is 3.12 bits per heavy atom. The molecule has 0 saturated carbocycles. The Morgan fingerprint density at radius 1 is 1.35 bits per heavy atom. The van der Waals surface area contributed by atoms with Crippen molar-refractivity contribution >= 4 is 0 Å². The van der Waals surface area contributed by atoms with E-state index in [0.717, 1.165) is 24.4 Å². The number of imidazole rings is 1. The molecule has 1 aliphatic carbocycles. The molecule has 0 radical (unpaired) electrons. The summed E-state index contributed by atoms with van der Waals surface area (Å²) in [5, 5.41) is 0. The minimum Gasteiger partial charge on any atom is -0.347 e. The molecule has 4 heteroatoms. The van der Waals surface area contributed by atoms with Crippen LogP contribution in [0.15, 0.2) is 30.7 Å². The van der Waals surface area contributed by atoms with Gasteiger partial charge < -0.3 is 10.7 Å². The number of rotatable bonds is 2. The Balaban J connectivity index is 1.95. The third-order valence-corrected chi connectivity index (χ3v) is 3.51. The van der Waals surface area contributed by atoms with E-state index >= 15 is 0 Å². The first-order chi connectivity index (χ1) is 8.36. The van der Waals surface area contributed by atoms with Crippen molar-refractivity contribution in [1.82, 2.24) is 15.0 Å². The molecule has 2 aromatic rings. The summed E-state index contributed by atoms with van der Waals surface area (Å²) < 4.78 is 0. The number of nitrogens with one attached hydrogen (secondary N) is 1. The fourth-order valence-electron chi connectivity index (χ4n) is 2.65. The van der Waals surface area contributed by atoms with Crippen LogP contribution in [0, 0.1) is 0 Å². The van der Waals surface area contributed by atoms with Gasteiger partial charge in [0.05, 0.1) is 6.04 Å². The second-order valence-electron chi connectivity index (χ2n) is 4.55. The maximum absolute atomic E-state index is 6.30. The highest BCUT2D eigenvalue weighted by Gasteiger charge is 2.28. The molecule has 0 fully saturated rings. The van der Waals surface area contributed by atoms with Crippen LogP contribution in [0.5, 0.6) is 0 Å². The Hall–Kier alpha value is -1.68. The lowest BCUT2D eigenvalue weighted by atomic mass is 9.82. The zero-order valence-electron chi connectivity index (χ0n) is 9.63. The van der Waals surface area contributed by atoms with Crippen molar-refractivity contribution < 1.29 is 0 Å². The Morgan fingerprint density at radius 2 is 2.29 bits per heavy atom. The molecule has 3 N–H and O–H groups in total. The van der Waals surface area contributed by atoms with Gasteiger partial charge in [-0.15, -0.1) is 0 Å². The van der Waals surface area contributed by atoms with Crippen molar-refractivity contribution in [2.45, 2.75) is 31.2 Å². The van der Waals surface area contributed by atoms with E-state index in [0.29, 0.717) is 0 Å². The lowest BCUT2D eigenvalue weighted by molar-refractivity contribution is 0.450. The van der Waals surface area contributed by atoms with Gasteiger partial charge in [-0.3, -0.25) is 4.98 Å². The first-order valence-electron chi connectivity index (χ1n) is 6.05. The van der Waals surface area contributed by atoms with Crippen LogP contribution in [0.3, 0.4) is 0 Å². The molecular weight excluding hydrogens is 212 g/mol. The molecule has 2 atom stereocenters. The zero-order valence-corrected chi connectivity index (χ0v) is 9.63. The minimum absolute atomic E-state index is 0.0843. The number of aromatic nitrogens is 3. The maximum atomic E-state index is 6.30. The number of pyridine rings is 1. The quantitative estimate of drug-likeness (QED) is 0.825. The summed E-state index contributed by atoms with van der Waals surface area (Å²) in [4.78, 5) is 11.9. The molecule has 88 valence electrons. The van der Waals surface area contributed by atoms with Crippen molar-refractivity contribution in [3.05, 3.63) is 47.8 Å². The van der Waals surface area contributed by atoms with Gasteiger partial charge in [0, 0.05) is 30.2 Å². The molecular formula is C13H16N4. The maximum Gasteiger partial charge on any atom is 0.123 e. The van der Waals surface area contributed by atoms with E-state index in [-0.39, 0.29) is 12.0 Å². The fraction of sp³-hybridized carbons (Fsp3) is 0.385. The van der Waals surface area contributed by atoms with Gasteiger partial charge >= 0.3 is 0 Å². The van der Waals surface area contributed by atoms with Gasteiger partial charge in [0.2, 0.25) is 0 Å². The van der Waals surface area contributed by atoms with E-state index in [9.17, 15) is 0 Å². The molecule has 1 aliphatic rings. The lowest BCUT2D eigenvalue weighted by Gasteiger charge is -2.27. The van der Waals surface area contributed by atoms with E-state index < -0.39 is 0 Å². The highest BCUT2D eigenvalue weighted by atomic mass is 14.9. The van der Waals surface area contributed by atoms with Crippen molar-refractivity contribution in [2.75, 3.05) is 0 Å². The SMILES string of the molecule is NC(c1ncc[nH]1)C1CCCc2cccnc21. The summed E-state index contributed by atoms with van der Waals surface area (Å²) in [7, 11) is 0. The standard InChI is InChI=1S/C13H16N4/c14-11(13-16-7-8-17-13)10-5-1-3-9-4-2-6-15-12(9)10/h2,4,6-8,10-11H,1,3,5,14H2,(H,16,17). The third kappa shape index (κ3) is 1.85. The van der Waals surface area contributed by atoms with Crippen molar-refractivity contribution in [1.29, 1.82) is 0 Å². The Bertz CT molecular complexity index is 492.